The minimum atomic E-state index is -0.724. The smallest absolute Gasteiger partial charge is 0.247 e. The van der Waals surface area contributed by atoms with Crippen LogP contribution in [0.2, 0.25) is 5.02 Å². The van der Waals surface area contributed by atoms with Gasteiger partial charge in [0.05, 0.1) is 6.10 Å². The fourth-order valence-corrected chi connectivity index (χ4v) is 3.35. The number of nitrogens with one attached hydrogen (secondary N) is 1. The Balaban J connectivity index is 2.27. The third-order valence-electron chi connectivity index (χ3n) is 4.79. The van der Waals surface area contributed by atoms with Crippen molar-refractivity contribution in [3.63, 3.8) is 0 Å². The maximum atomic E-state index is 13.3. The first-order valence-electron chi connectivity index (χ1n) is 10.8. The van der Waals surface area contributed by atoms with Gasteiger partial charge in [-0.2, -0.15) is 0 Å². The fourth-order valence-electron chi connectivity index (χ4n) is 3.22. The SMILES string of the molecule is CC(C)OCCCNC(=O)[C@H](c1ccccc1)N(Cc1ccc(Cl)cc1)C(=O)C(C)C. The molecule has 2 aromatic carbocycles. The zero-order chi connectivity index (χ0) is 22.8. The number of nitrogens with zero attached hydrogens (tertiary/aromatic N) is 1. The standard InChI is InChI=1S/C25H33ClN2O3/c1-18(2)25(30)28(17-20-11-13-22(26)14-12-20)23(21-9-6-5-7-10-21)24(29)27-15-8-16-31-19(3)4/h5-7,9-14,18-19,23H,8,15-17H2,1-4H3,(H,27,29)/t23-/m0/s1. The van der Waals surface area contributed by atoms with Crippen molar-refractivity contribution in [1.29, 1.82) is 0 Å². The minimum Gasteiger partial charge on any atom is -0.379 e. The van der Waals surface area contributed by atoms with E-state index in [1.54, 1.807) is 17.0 Å². The van der Waals surface area contributed by atoms with E-state index in [0.717, 1.165) is 11.1 Å². The van der Waals surface area contributed by atoms with Crippen LogP contribution in [0.25, 0.3) is 0 Å². The number of ether oxygens (including phenoxy) is 1. The molecule has 0 saturated heterocycles. The van der Waals surface area contributed by atoms with Crippen LogP contribution in [-0.2, 0) is 20.9 Å². The summed E-state index contributed by atoms with van der Waals surface area (Å²) in [5, 5.41) is 3.62. The first-order chi connectivity index (χ1) is 14.8. The van der Waals surface area contributed by atoms with Gasteiger partial charge in [-0.05, 0) is 43.5 Å². The largest absolute Gasteiger partial charge is 0.379 e. The van der Waals surface area contributed by atoms with Crippen LogP contribution in [-0.4, -0.2) is 36.0 Å². The van der Waals surface area contributed by atoms with Crippen molar-refractivity contribution in [2.45, 2.75) is 52.8 Å². The Kier molecular flexibility index (Phi) is 10.0. The van der Waals surface area contributed by atoms with Gasteiger partial charge >= 0.3 is 0 Å². The highest BCUT2D eigenvalue weighted by atomic mass is 35.5. The Hall–Kier alpha value is -2.37. The molecule has 0 bridgehead atoms. The molecule has 5 nitrogen and oxygen atoms in total. The summed E-state index contributed by atoms with van der Waals surface area (Å²) in [6.45, 7) is 9.04. The number of carbonyl (C=O) groups excluding carboxylic acids is 2. The summed E-state index contributed by atoms with van der Waals surface area (Å²) in [5.74, 6) is -0.522. The number of rotatable bonds is 11. The summed E-state index contributed by atoms with van der Waals surface area (Å²) >= 11 is 6.02. The Morgan fingerprint density at radius 3 is 2.23 bits per heavy atom. The van der Waals surface area contributed by atoms with E-state index < -0.39 is 6.04 Å². The van der Waals surface area contributed by atoms with Gasteiger partial charge < -0.3 is 15.0 Å². The summed E-state index contributed by atoms with van der Waals surface area (Å²) in [7, 11) is 0. The van der Waals surface area contributed by atoms with E-state index >= 15 is 0 Å². The molecular formula is C25H33ClN2O3. The summed E-state index contributed by atoms with van der Waals surface area (Å²) in [5.41, 5.74) is 1.69. The zero-order valence-corrected chi connectivity index (χ0v) is 19.6. The molecule has 0 aliphatic rings. The lowest BCUT2D eigenvalue weighted by molar-refractivity contribution is -0.144. The van der Waals surface area contributed by atoms with Crippen molar-refractivity contribution < 1.29 is 14.3 Å². The fraction of sp³-hybridized carbons (Fsp3) is 0.440. The predicted octanol–water partition coefficient (Wildman–Crippen LogP) is 5.00. The van der Waals surface area contributed by atoms with E-state index in [2.05, 4.69) is 5.32 Å². The van der Waals surface area contributed by atoms with E-state index in [-0.39, 0.29) is 23.8 Å². The second-order valence-electron chi connectivity index (χ2n) is 8.12. The molecule has 168 valence electrons. The van der Waals surface area contributed by atoms with E-state index in [1.165, 1.54) is 0 Å². The molecule has 1 atom stereocenters. The molecule has 0 unspecified atom stereocenters. The first kappa shape index (κ1) is 24.9. The molecule has 6 heteroatoms. The molecule has 0 saturated carbocycles. The molecule has 0 fully saturated rings. The summed E-state index contributed by atoms with van der Waals surface area (Å²) in [6, 6.07) is 16.1. The van der Waals surface area contributed by atoms with Crippen LogP contribution in [0.3, 0.4) is 0 Å². The molecular weight excluding hydrogens is 412 g/mol. The Labute approximate surface area is 190 Å². The summed E-state index contributed by atoms with van der Waals surface area (Å²) < 4.78 is 5.55. The second kappa shape index (κ2) is 12.5. The van der Waals surface area contributed by atoms with Crippen LogP contribution in [0.4, 0.5) is 0 Å². The number of halogens is 1. The van der Waals surface area contributed by atoms with Crippen molar-refractivity contribution in [3.8, 4) is 0 Å². The maximum Gasteiger partial charge on any atom is 0.247 e. The molecule has 0 aliphatic heterocycles. The number of benzene rings is 2. The van der Waals surface area contributed by atoms with Crippen LogP contribution < -0.4 is 5.32 Å². The van der Waals surface area contributed by atoms with E-state index in [1.807, 2.05) is 70.2 Å². The monoisotopic (exact) mass is 444 g/mol. The zero-order valence-electron chi connectivity index (χ0n) is 18.8. The van der Waals surface area contributed by atoms with Crippen molar-refractivity contribution in [1.82, 2.24) is 10.2 Å². The quantitative estimate of drug-likeness (QED) is 0.496. The van der Waals surface area contributed by atoms with Crippen molar-refractivity contribution in [3.05, 3.63) is 70.7 Å². The Bertz CT molecular complexity index is 822. The lowest BCUT2D eigenvalue weighted by Gasteiger charge is -2.33. The first-order valence-corrected chi connectivity index (χ1v) is 11.2. The Morgan fingerprint density at radius 1 is 1.00 bits per heavy atom. The number of carbonyl (C=O) groups is 2. The average Bonchev–Trinajstić information content (AvgIpc) is 2.74. The molecule has 1 N–H and O–H groups in total. The molecule has 2 rings (SSSR count). The topological polar surface area (TPSA) is 58.6 Å². The average molecular weight is 445 g/mol. The third-order valence-corrected chi connectivity index (χ3v) is 5.04. The predicted molar refractivity (Wildman–Crippen MR) is 125 cm³/mol. The van der Waals surface area contributed by atoms with Crippen LogP contribution in [0, 0.1) is 5.92 Å². The van der Waals surface area contributed by atoms with Crippen molar-refractivity contribution in [2.75, 3.05) is 13.2 Å². The van der Waals surface area contributed by atoms with Crippen molar-refractivity contribution in [2.24, 2.45) is 5.92 Å². The number of hydrogen-bond donors (Lipinski definition) is 1. The molecule has 0 radical (unpaired) electrons. The van der Waals surface area contributed by atoms with Crippen LogP contribution in [0.5, 0.6) is 0 Å². The van der Waals surface area contributed by atoms with Crippen LogP contribution >= 0.6 is 11.6 Å². The van der Waals surface area contributed by atoms with Crippen LogP contribution in [0.15, 0.2) is 54.6 Å². The molecule has 2 amide bonds. The number of hydrogen-bond acceptors (Lipinski definition) is 3. The Morgan fingerprint density at radius 2 is 1.65 bits per heavy atom. The van der Waals surface area contributed by atoms with Gasteiger partial charge in [-0.1, -0.05) is 67.9 Å². The van der Waals surface area contributed by atoms with E-state index in [0.29, 0.717) is 31.1 Å². The maximum absolute atomic E-state index is 13.3. The molecule has 2 aromatic rings. The normalized spacial score (nSPS) is 12.1. The lowest BCUT2D eigenvalue weighted by atomic mass is 10.0. The summed E-state index contributed by atoms with van der Waals surface area (Å²) in [4.78, 5) is 28.1. The highest BCUT2D eigenvalue weighted by molar-refractivity contribution is 6.30. The number of amides is 2. The molecule has 0 heterocycles. The van der Waals surface area contributed by atoms with Gasteiger partial charge in [-0.3, -0.25) is 9.59 Å². The second-order valence-corrected chi connectivity index (χ2v) is 8.56. The van der Waals surface area contributed by atoms with Gasteiger partial charge in [0.15, 0.2) is 0 Å². The van der Waals surface area contributed by atoms with Gasteiger partial charge in [0, 0.05) is 30.6 Å². The molecule has 31 heavy (non-hydrogen) atoms. The van der Waals surface area contributed by atoms with Gasteiger partial charge in [-0.25, -0.2) is 0 Å². The highest BCUT2D eigenvalue weighted by Crippen LogP contribution is 2.26. The molecule has 0 aromatic heterocycles. The van der Waals surface area contributed by atoms with Gasteiger partial charge in [0.1, 0.15) is 6.04 Å². The highest BCUT2D eigenvalue weighted by Gasteiger charge is 2.32. The van der Waals surface area contributed by atoms with Gasteiger partial charge in [-0.15, -0.1) is 0 Å². The van der Waals surface area contributed by atoms with E-state index in [9.17, 15) is 9.59 Å². The van der Waals surface area contributed by atoms with E-state index in [4.69, 9.17) is 16.3 Å². The van der Waals surface area contributed by atoms with Gasteiger partial charge in [0.25, 0.3) is 0 Å². The minimum absolute atomic E-state index is 0.0814. The summed E-state index contributed by atoms with van der Waals surface area (Å²) in [6.07, 6.45) is 0.868. The van der Waals surface area contributed by atoms with Gasteiger partial charge in [0.2, 0.25) is 11.8 Å². The molecule has 0 spiro atoms. The third kappa shape index (κ3) is 8.00. The van der Waals surface area contributed by atoms with Crippen molar-refractivity contribution >= 4 is 23.4 Å². The lowest BCUT2D eigenvalue weighted by Crippen LogP contribution is -2.45. The van der Waals surface area contributed by atoms with Crippen LogP contribution in [0.1, 0.15) is 51.3 Å². The molecule has 0 aliphatic carbocycles.